The third kappa shape index (κ3) is 7.84. The highest BCUT2D eigenvalue weighted by Crippen LogP contribution is 2.36. The van der Waals surface area contributed by atoms with Crippen LogP contribution in [-0.4, -0.2) is 87.5 Å². The van der Waals surface area contributed by atoms with Gasteiger partial charge in [0.15, 0.2) is 0 Å². The Morgan fingerprint density at radius 1 is 1.00 bits per heavy atom. The second-order valence-electron chi connectivity index (χ2n) is 14.4. The molecule has 2 aromatic carbocycles. The highest BCUT2D eigenvalue weighted by Gasteiger charge is 2.46. The number of amides is 5. The van der Waals surface area contributed by atoms with E-state index in [-0.39, 0.29) is 65.5 Å². The normalized spacial score (nSPS) is 23.6. The van der Waals surface area contributed by atoms with Gasteiger partial charge in [-0.3, -0.25) is 34.2 Å². The fourth-order valence-electron chi connectivity index (χ4n) is 8.13. The van der Waals surface area contributed by atoms with Crippen LogP contribution in [0.5, 0.6) is 0 Å². The first-order valence-electron chi connectivity index (χ1n) is 18.3. The first kappa shape index (κ1) is 38.5. The van der Waals surface area contributed by atoms with Gasteiger partial charge in [0.05, 0.1) is 32.1 Å². The quantitative estimate of drug-likeness (QED) is 0.169. The van der Waals surface area contributed by atoms with Crippen LogP contribution in [0.1, 0.15) is 94.4 Å². The maximum Gasteiger partial charge on any atom is 0.262 e. The van der Waals surface area contributed by atoms with Gasteiger partial charge in [0.2, 0.25) is 27.8 Å². The SMILES string of the molecule is NC(=O)c1c(F)cccc1Nc1nc(N[C@@H]2CCCN(S(=O)(=O)C3CCC[C@@H](Cc4cccc5c4C(=O)N(C4CCC(=O)NC4=O)C5=O)CC3)C2)ncc1Br. The van der Waals surface area contributed by atoms with Crippen LogP contribution in [0.4, 0.5) is 21.8 Å². The van der Waals surface area contributed by atoms with E-state index < -0.39 is 56.7 Å². The molecule has 3 fully saturated rings. The van der Waals surface area contributed by atoms with Gasteiger partial charge in [-0.25, -0.2) is 17.8 Å². The molecular weight excluding hydrogens is 799 g/mol. The van der Waals surface area contributed by atoms with Crippen LogP contribution in [0, 0.1) is 11.7 Å². The van der Waals surface area contributed by atoms with Crippen LogP contribution < -0.4 is 21.7 Å². The summed E-state index contributed by atoms with van der Waals surface area (Å²) < 4.78 is 44.5. The maximum absolute atomic E-state index is 14.4. The van der Waals surface area contributed by atoms with E-state index in [1.165, 1.54) is 18.3 Å². The van der Waals surface area contributed by atoms with Gasteiger partial charge in [0.1, 0.15) is 17.7 Å². The minimum atomic E-state index is -3.67. The molecule has 4 aliphatic rings. The molecule has 0 bridgehead atoms. The number of rotatable bonds is 10. The molecule has 290 valence electrons. The molecule has 4 atom stereocenters. The van der Waals surface area contributed by atoms with Crippen LogP contribution in [0.3, 0.4) is 0 Å². The van der Waals surface area contributed by atoms with Gasteiger partial charge >= 0.3 is 0 Å². The van der Waals surface area contributed by atoms with Gasteiger partial charge in [0.25, 0.3) is 17.7 Å². The molecule has 1 aliphatic carbocycles. The molecular formula is C37H40BrFN8O7S. The Morgan fingerprint density at radius 3 is 2.58 bits per heavy atom. The molecule has 18 heteroatoms. The standard InChI is InChI=1S/C37H40BrFN8O7S/c38-25-18-41-37(45-33(25)43-27-11-3-10-26(39)31(27)32(40)49)42-22-7-4-16-46(19-22)55(53,54)23-8-1-5-20(12-13-23)17-21-6-2-9-24-30(21)36(52)47(35(24)51)28-14-15-29(48)44-34(28)50/h2-3,6,9-11,18,20,22-23,28H,1,4-5,7-8,12-17,19H2,(H2,40,49)(H,44,48,50)(H2,41,42,43,45)/t20-,22-,23?,28?/m1/s1. The Balaban J connectivity index is 0.984. The van der Waals surface area contributed by atoms with Crippen LogP contribution in [-0.2, 0) is 26.0 Å². The number of hydrogen-bond acceptors (Lipinski definition) is 11. The molecule has 2 saturated heterocycles. The zero-order valence-corrected chi connectivity index (χ0v) is 32.1. The van der Waals surface area contributed by atoms with E-state index in [0.717, 1.165) is 17.4 Å². The zero-order chi connectivity index (χ0) is 39.0. The van der Waals surface area contributed by atoms with Gasteiger partial charge < -0.3 is 16.4 Å². The minimum Gasteiger partial charge on any atom is -0.365 e. The van der Waals surface area contributed by atoms with Crippen molar-refractivity contribution >= 4 is 72.9 Å². The third-order valence-corrected chi connectivity index (χ3v) is 13.8. The molecule has 3 aromatic rings. The lowest BCUT2D eigenvalue weighted by Crippen LogP contribution is -2.54. The largest absolute Gasteiger partial charge is 0.365 e. The lowest BCUT2D eigenvalue weighted by atomic mass is 9.89. The van der Waals surface area contributed by atoms with E-state index in [1.807, 2.05) is 6.07 Å². The Kier molecular flexibility index (Phi) is 11.0. The summed E-state index contributed by atoms with van der Waals surface area (Å²) >= 11 is 3.38. The van der Waals surface area contributed by atoms with Gasteiger partial charge in [-0.15, -0.1) is 0 Å². The molecule has 2 unspecified atom stereocenters. The van der Waals surface area contributed by atoms with Crippen LogP contribution in [0.2, 0.25) is 0 Å². The van der Waals surface area contributed by atoms with E-state index in [1.54, 1.807) is 16.4 Å². The molecule has 7 rings (SSSR count). The Hall–Kier alpha value is -4.81. The minimum absolute atomic E-state index is 0.0380. The number of imide groups is 2. The van der Waals surface area contributed by atoms with Crippen molar-refractivity contribution in [1.82, 2.24) is 24.5 Å². The summed E-state index contributed by atoms with van der Waals surface area (Å²) in [4.78, 5) is 72.9. The summed E-state index contributed by atoms with van der Waals surface area (Å²) in [5, 5.41) is 7.82. The smallest absolute Gasteiger partial charge is 0.262 e. The van der Waals surface area contributed by atoms with Gasteiger partial charge in [-0.05, 0) is 90.6 Å². The molecule has 5 amide bonds. The number of sulfonamides is 1. The van der Waals surface area contributed by atoms with Crippen LogP contribution >= 0.6 is 15.9 Å². The monoisotopic (exact) mass is 838 g/mol. The summed E-state index contributed by atoms with van der Waals surface area (Å²) in [5.74, 6) is -3.35. The van der Waals surface area contributed by atoms with Crippen molar-refractivity contribution in [3.8, 4) is 0 Å². The number of nitrogens with two attached hydrogens (primary N) is 1. The Morgan fingerprint density at radius 2 is 1.80 bits per heavy atom. The molecule has 5 N–H and O–H groups in total. The lowest BCUT2D eigenvalue weighted by Gasteiger charge is -2.34. The number of anilines is 3. The van der Waals surface area contributed by atoms with E-state index in [2.05, 4.69) is 41.8 Å². The number of carbonyl (C=O) groups is 5. The lowest BCUT2D eigenvalue weighted by molar-refractivity contribution is -0.136. The summed E-state index contributed by atoms with van der Waals surface area (Å²) in [6, 6.07) is 7.84. The average molecular weight is 840 g/mol. The van der Waals surface area contributed by atoms with Crippen molar-refractivity contribution in [2.75, 3.05) is 23.7 Å². The van der Waals surface area contributed by atoms with E-state index in [0.29, 0.717) is 61.5 Å². The summed E-state index contributed by atoms with van der Waals surface area (Å²) in [6.07, 6.45) is 6.40. The zero-order valence-electron chi connectivity index (χ0n) is 29.7. The number of nitrogens with one attached hydrogen (secondary N) is 3. The molecule has 4 heterocycles. The maximum atomic E-state index is 14.4. The van der Waals surface area contributed by atoms with Crippen LogP contribution in [0.25, 0.3) is 0 Å². The highest BCUT2D eigenvalue weighted by atomic mass is 79.9. The number of carbonyl (C=O) groups excluding carboxylic acids is 5. The number of nitrogens with zero attached hydrogens (tertiary/aromatic N) is 4. The van der Waals surface area contributed by atoms with Crippen molar-refractivity contribution in [1.29, 1.82) is 0 Å². The van der Waals surface area contributed by atoms with Gasteiger partial charge in [0, 0.05) is 31.7 Å². The van der Waals surface area contributed by atoms with E-state index in [4.69, 9.17) is 5.73 Å². The Bertz CT molecular complexity index is 2190. The van der Waals surface area contributed by atoms with Crippen molar-refractivity contribution in [2.45, 2.75) is 81.5 Å². The number of hydrogen-bond donors (Lipinski definition) is 4. The van der Waals surface area contributed by atoms with Gasteiger partial charge in [-0.2, -0.15) is 9.29 Å². The molecule has 1 saturated carbocycles. The number of benzene rings is 2. The summed E-state index contributed by atoms with van der Waals surface area (Å²) in [5.41, 5.74) is 6.42. The fraction of sp³-hybridized carbons (Fsp3) is 0.432. The third-order valence-electron chi connectivity index (χ3n) is 10.9. The van der Waals surface area contributed by atoms with Crippen LogP contribution in [0.15, 0.2) is 47.1 Å². The van der Waals surface area contributed by atoms with Crippen molar-refractivity contribution in [3.63, 3.8) is 0 Å². The number of piperidine rings is 2. The molecule has 15 nitrogen and oxygen atoms in total. The first-order valence-corrected chi connectivity index (χ1v) is 20.6. The highest BCUT2D eigenvalue weighted by molar-refractivity contribution is 9.10. The summed E-state index contributed by atoms with van der Waals surface area (Å²) in [6.45, 7) is 0.607. The molecule has 3 aliphatic heterocycles. The van der Waals surface area contributed by atoms with Crippen molar-refractivity contribution in [2.24, 2.45) is 11.7 Å². The Labute approximate surface area is 325 Å². The number of aromatic nitrogens is 2. The number of primary amides is 1. The predicted octanol–water partition coefficient (Wildman–Crippen LogP) is 4.02. The molecule has 0 radical (unpaired) electrons. The second-order valence-corrected chi connectivity index (χ2v) is 17.5. The fourth-order valence-corrected chi connectivity index (χ4v) is 10.5. The summed E-state index contributed by atoms with van der Waals surface area (Å²) in [7, 11) is -3.67. The topological polar surface area (TPSA) is 214 Å². The number of fused-ring (bicyclic) bond motifs is 1. The van der Waals surface area contributed by atoms with E-state index >= 15 is 0 Å². The average Bonchev–Trinajstić information content (AvgIpc) is 3.26. The molecule has 0 spiro atoms. The number of halogens is 2. The van der Waals surface area contributed by atoms with Crippen molar-refractivity contribution in [3.05, 3.63) is 75.1 Å². The van der Waals surface area contributed by atoms with E-state index in [9.17, 15) is 36.8 Å². The second kappa shape index (κ2) is 15.7. The predicted molar refractivity (Wildman–Crippen MR) is 202 cm³/mol. The van der Waals surface area contributed by atoms with Crippen molar-refractivity contribution < 1.29 is 36.8 Å². The molecule has 1 aromatic heterocycles. The first-order chi connectivity index (χ1) is 26.3. The molecule has 55 heavy (non-hydrogen) atoms. The van der Waals surface area contributed by atoms with Gasteiger partial charge in [-0.1, -0.05) is 31.0 Å².